The maximum absolute atomic E-state index is 13.1. The second kappa shape index (κ2) is 8.54. The van der Waals surface area contributed by atoms with Gasteiger partial charge in [-0.3, -0.25) is 4.79 Å². The Morgan fingerprint density at radius 2 is 1.90 bits per heavy atom. The van der Waals surface area contributed by atoms with E-state index in [0.29, 0.717) is 18.1 Å². The molecule has 29 heavy (non-hydrogen) atoms. The molecule has 0 spiro atoms. The van der Waals surface area contributed by atoms with Crippen LogP contribution in [0.1, 0.15) is 52.5 Å². The molecule has 1 aromatic carbocycles. The highest BCUT2D eigenvalue weighted by Gasteiger charge is 2.26. The van der Waals surface area contributed by atoms with Gasteiger partial charge in [0, 0.05) is 23.6 Å². The Labute approximate surface area is 174 Å². The molecule has 0 radical (unpaired) electrons. The molecule has 0 saturated carbocycles. The molecule has 156 valence electrons. The first-order valence-corrected chi connectivity index (χ1v) is 11.5. The summed E-state index contributed by atoms with van der Waals surface area (Å²) >= 11 is 6.48. The second-order valence-electron chi connectivity index (χ2n) is 6.67. The monoisotopic (exact) mass is 439 g/mol. The number of hydrogen-bond donors (Lipinski definition) is 1. The fourth-order valence-electron chi connectivity index (χ4n) is 3.21. The lowest BCUT2D eigenvalue weighted by atomic mass is 10.0. The fraction of sp³-hybridized carbons (Fsp3) is 0.421. The molecule has 1 saturated heterocycles. The van der Waals surface area contributed by atoms with Crippen molar-refractivity contribution in [2.75, 3.05) is 18.6 Å². The van der Waals surface area contributed by atoms with Crippen molar-refractivity contribution in [3.05, 3.63) is 40.0 Å². The molecule has 0 bridgehead atoms. The minimum Gasteiger partial charge on any atom is -0.493 e. The highest BCUT2D eigenvalue weighted by Crippen LogP contribution is 2.37. The van der Waals surface area contributed by atoms with E-state index in [2.05, 4.69) is 9.46 Å². The zero-order chi connectivity index (χ0) is 21.2. The molecule has 8 nitrogen and oxygen atoms in total. The van der Waals surface area contributed by atoms with Crippen molar-refractivity contribution in [2.24, 2.45) is 4.36 Å². The molecule has 0 atom stereocenters. The summed E-state index contributed by atoms with van der Waals surface area (Å²) < 4.78 is 23.5. The largest absolute Gasteiger partial charge is 0.493 e. The number of ketones is 1. The Morgan fingerprint density at radius 1 is 1.24 bits per heavy atom. The number of rotatable bonds is 5. The van der Waals surface area contributed by atoms with Crippen LogP contribution >= 0.6 is 11.6 Å². The molecule has 0 unspecified atom stereocenters. The number of hydrogen-bond acceptors (Lipinski definition) is 7. The first-order chi connectivity index (χ1) is 13.8. The molecule has 3 rings (SSSR count). The average molecular weight is 440 g/mol. The zero-order valence-electron chi connectivity index (χ0n) is 16.2. The van der Waals surface area contributed by atoms with E-state index in [4.69, 9.17) is 16.3 Å². The predicted molar refractivity (Wildman–Crippen MR) is 110 cm³/mol. The Hall–Kier alpha value is -2.39. The number of aryl methyl sites for hydroxylation is 1. The third-order valence-corrected chi connectivity index (χ3v) is 7.56. The van der Waals surface area contributed by atoms with Gasteiger partial charge in [-0.2, -0.15) is 9.46 Å². The standard InChI is InChI=1S/C19H22ClN3O5S/c1-3-23-18(25)14(11-21-23)17(24)12-7-8-13(19(26)28-2)16(15(12)20)22-29(27)9-5-4-6-10-29/h7-8,11,25H,3-6,9-10H2,1-2H3. The van der Waals surface area contributed by atoms with Gasteiger partial charge in [0.25, 0.3) is 0 Å². The third-order valence-electron chi connectivity index (χ3n) is 4.81. The van der Waals surface area contributed by atoms with Crippen LogP contribution in [0.4, 0.5) is 5.69 Å². The number of carbonyl (C=O) groups is 2. The number of benzene rings is 1. The molecular weight excluding hydrogens is 418 g/mol. The second-order valence-corrected chi connectivity index (χ2v) is 9.60. The highest BCUT2D eigenvalue weighted by atomic mass is 35.5. The summed E-state index contributed by atoms with van der Waals surface area (Å²) in [7, 11) is -1.37. The summed E-state index contributed by atoms with van der Waals surface area (Å²) in [6.45, 7) is 2.16. The van der Waals surface area contributed by atoms with Gasteiger partial charge >= 0.3 is 5.97 Å². The maximum atomic E-state index is 13.1. The number of halogens is 1. The van der Waals surface area contributed by atoms with Gasteiger partial charge in [-0.05, 0) is 31.9 Å². The lowest BCUT2D eigenvalue weighted by Gasteiger charge is -2.17. The van der Waals surface area contributed by atoms with E-state index < -0.39 is 21.5 Å². The highest BCUT2D eigenvalue weighted by molar-refractivity contribution is 7.93. The van der Waals surface area contributed by atoms with E-state index in [9.17, 15) is 18.9 Å². The van der Waals surface area contributed by atoms with Crippen LogP contribution in [0.25, 0.3) is 0 Å². The molecule has 0 aliphatic carbocycles. The first kappa shape index (κ1) is 21.3. The number of ether oxygens (including phenoxy) is 1. The quantitative estimate of drug-likeness (QED) is 0.563. The summed E-state index contributed by atoms with van der Waals surface area (Å²) in [5.41, 5.74) is 0.0321. The van der Waals surface area contributed by atoms with E-state index in [1.54, 1.807) is 6.92 Å². The van der Waals surface area contributed by atoms with E-state index >= 15 is 0 Å². The molecule has 2 heterocycles. The van der Waals surface area contributed by atoms with Crippen LogP contribution in [0.2, 0.25) is 5.02 Å². The zero-order valence-corrected chi connectivity index (χ0v) is 17.8. The van der Waals surface area contributed by atoms with Gasteiger partial charge in [0.15, 0.2) is 0 Å². The van der Waals surface area contributed by atoms with Gasteiger partial charge in [-0.1, -0.05) is 18.0 Å². The maximum Gasteiger partial charge on any atom is 0.340 e. The minimum atomic E-state index is -2.59. The van der Waals surface area contributed by atoms with Gasteiger partial charge in [0.05, 0.1) is 33.6 Å². The van der Waals surface area contributed by atoms with Gasteiger partial charge in [0.1, 0.15) is 11.3 Å². The lowest BCUT2D eigenvalue weighted by molar-refractivity contribution is 0.0601. The number of aromatic nitrogens is 2. The van der Waals surface area contributed by atoms with Gasteiger partial charge in [-0.25, -0.2) is 13.7 Å². The predicted octanol–water partition coefficient (Wildman–Crippen LogP) is 3.56. The molecule has 0 amide bonds. The fourth-order valence-corrected chi connectivity index (χ4v) is 5.77. The van der Waals surface area contributed by atoms with Crippen molar-refractivity contribution in [3.8, 4) is 5.88 Å². The van der Waals surface area contributed by atoms with Crippen LogP contribution in [0.5, 0.6) is 5.88 Å². The van der Waals surface area contributed by atoms with Crippen LogP contribution in [-0.4, -0.2) is 49.5 Å². The lowest BCUT2D eigenvalue weighted by Crippen LogP contribution is -2.16. The molecule has 10 heteroatoms. The molecule has 1 aliphatic heterocycles. The molecule has 1 fully saturated rings. The summed E-state index contributed by atoms with van der Waals surface area (Å²) in [5.74, 6) is -0.718. The van der Waals surface area contributed by atoms with Crippen LogP contribution in [0.15, 0.2) is 22.7 Å². The van der Waals surface area contributed by atoms with Crippen LogP contribution < -0.4 is 0 Å². The molecule has 1 N–H and O–H groups in total. The van der Waals surface area contributed by atoms with Crippen molar-refractivity contribution in [2.45, 2.75) is 32.7 Å². The molecular formula is C19H22ClN3O5S. The Balaban J connectivity index is 2.17. The SMILES string of the molecule is CCn1ncc(C(=O)c2ccc(C(=O)OC)c(N=S3(=O)CCCCC3)c2Cl)c1O. The molecule has 1 aliphatic rings. The number of methoxy groups -OCH3 is 1. The van der Waals surface area contributed by atoms with Crippen LogP contribution in [0.3, 0.4) is 0 Å². The third kappa shape index (κ3) is 4.16. The number of esters is 1. The Kier molecular flexibility index (Phi) is 6.28. The van der Waals surface area contributed by atoms with E-state index in [0.717, 1.165) is 19.3 Å². The Bertz CT molecular complexity index is 1070. The molecule has 1 aromatic heterocycles. The summed E-state index contributed by atoms with van der Waals surface area (Å²) in [5, 5.41) is 14.1. The van der Waals surface area contributed by atoms with E-state index in [1.165, 1.54) is 30.1 Å². The van der Waals surface area contributed by atoms with Gasteiger partial charge in [-0.15, -0.1) is 0 Å². The Morgan fingerprint density at radius 3 is 2.48 bits per heavy atom. The smallest absolute Gasteiger partial charge is 0.340 e. The summed E-state index contributed by atoms with van der Waals surface area (Å²) in [4.78, 5) is 25.2. The van der Waals surface area contributed by atoms with Gasteiger partial charge < -0.3 is 9.84 Å². The summed E-state index contributed by atoms with van der Waals surface area (Å²) in [6, 6.07) is 2.74. The van der Waals surface area contributed by atoms with Crippen molar-refractivity contribution in [3.63, 3.8) is 0 Å². The van der Waals surface area contributed by atoms with E-state index in [1.807, 2.05) is 0 Å². The number of carbonyl (C=O) groups excluding carboxylic acids is 2. The first-order valence-electron chi connectivity index (χ1n) is 9.24. The van der Waals surface area contributed by atoms with Crippen molar-refractivity contribution in [1.82, 2.24) is 9.78 Å². The van der Waals surface area contributed by atoms with Crippen molar-refractivity contribution < 1.29 is 23.6 Å². The van der Waals surface area contributed by atoms with E-state index in [-0.39, 0.29) is 33.3 Å². The van der Waals surface area contributed by atoms with Gasteiger partial charge in [0.2, 0.25) is 11.7 Å². The average Bonchev–Trinajstić information content (AvgIpc) is 3.09. The normalized spacial score (nSPS) is 15.7. The van der Waals surface area contributed by atoms with Crippen LogP contribution in [-0.2, 0) is 21.0 Å². The summed E-state index contributed by atoms with van der Waals surface area (Å²) in [6.07, 6.45) is 3.78. The minimum absolute atomic E-state index is 0.0151. The number of nitrogens with zero attached hydrogens (tertiary/aromatic N) is 3. The molecule has 2 aromatic rings. The van der Waals surface area contributed by atoms with Crippen molar-refractivity contribution in [1.29, 1.82) is 0 Å². The number of aromatic hydroxyl groups is 1. The van der Waals surface area contributed by atoms with Crippen molar-refractivity contribution >= 4 is 38.8 Å². The topological polar surface area (TPSA) is 111 Å². The van der Waals surface area contributed by atoms with Crippen LogP contribution in [0, 0.1) is 0 Å².